The Morgan fingerprint density at radius 1 is 1.58 bits per heavy atom. The molecule has 0 aromatic carbocycles. The van der Waals surface area contributed by atoms with Gasteiger partial charge in [-0.3, -0.25) is 9.59 Å². The molecule has 5 nitrogen and oxygen atoms in total. The van der Waals surface area contributed by atoms with Gasteiger partial charge in [0.2, 0.25) is 5.91 Å². The Kier molecular flexibility index (Phi) is 4.76. The monoisotopic (exact) mass is 327 g/mol. The number of amides is 1. The fourth-order valence-electron chi connectivity index (χ4n) is 2.22. The van der Waals surface area contributed by atoms with Crippen molar-refractivity contribution >= 4 is 21.8 Å². The summed E-state index contributed by atoms with van der Waals surface area (Å²) in [7, 11) is 0. The lowest BCUT2D eigenvalue weighted by atomic mass is 9.95. The van der Waals surface area contributed by atoms with Crippen LogP contribution in [0.15, 0.2) is 27.6 Å². The molecule has 0 radical (unpaired) electrons. The van der Waals surface area contributed by atoms with Crippen molar-refractivity contribution in [3.8, 4) is 0 Å². The van der Waals surface area contributed by atoms with Crippen molar-refractivity contribution in [2.75, 3.05) is 13.1 Å². The second kappa shape index (κ2) is 6.34. The van der Waals surface area contributed by atoms with Crippen molar-refractivity contribution in [1.82, 2.24) is 15.2 Å². The van der Waals surface area contributed by atoms with Gasteiger partial charge in [-0.15, -0.1) is 0 Å². The summed E-state index contributed by atoms with van der Waals surface area (Å²) in [4.78, 5) is 23.6. The van der Waals surface area contributed by atoms with Crippen LogP contribution in [0.2, 0.25) is 0 Å². The average Bonchev–Trinajstić information content (AvgIpc) is 2.37. The molecule has 1 aliphatic rings. The van der Waals surface area contributed by atoms with E-state index in [0.29, 0.717) is 5.92 Å². The van der Waals surface area contributed by atoms with Crippen LogP contribution in [0.1, 0.15) is 13.3 Å². The number of carbonyl (C=O) groups excluding carboxylic acids is 1. The summed E-state index contributed by atoms with van der Waals surface area (Å²) in [6, 6.07) is 3.26. The fraction of sp³-hybridized carbons (Fsp3) is 0.538. The maximum absolute atomic E-state index is 12.0. The topological polar surface area (TPSA) is 63.1 Å². The minimum absolute atomic E-state index is 0.0570. The number of rotatable bonds is 3. The number of hydrogen-bond donors (Lipinski definition) is 2. The third kappa shape index (κ3) is 3.91. The minimum atomic E-state index is -0.173. The van der Waals surface area contributed by atoms with Crippen molar-refractivity contribution in [3.63, 3.8) is 0 Å². The van der Waals surface area contributed by atoms with E-state index in [1.807, 2.05) is 0 Å². The van der Waals surface area contributed by atoms with E-state index in [-0.39, 0.29) is 24.1 Å². The molecule has 1 aromatic rings. The summed E-state index contributed by atoms with van der Waals surface area (Å²) >= 11 is 3.29. The van der Waals surface area contributed by atoms with E-state index in [1.54, 1.807) is 12.3 Å². The molecule has 1 saturated heterocycles. The van der Waals surface area contributed by atoms with Gasteiger partial charge in [-0.2, -0.15) is 0 Å². The van der Waals surface area contributed by atoms with Crippen LogP contribution >= 0.6 is 15.9 Å². The first kappa shape index (κ1) is 14.3. The number of piperidine rings is 1. The van der Waals surface area contributed by atoms with Crippen molar-refractivity contribution < 1.29 is 4.79 Å². The van der Waals surface area contributed by atoms with Gasteiger partial charge in [0.15, 0.2) is 0 Å². The van der Waals surface area contributed by atoms with Crippen LogP contribution in [0.3, 0.4) is 0 Å². The maximum Gasteiger partial charge on any atom is 0.251 e. The van der Waals surface area contributed by atoms with E-state index < -0.39 is 0 Å². The number of carbonyl (C=O) groups is 1. The van der Waals surface area contributed by atoms with Crippen molar-refractivity contribution in [2.24, 2.45) is 5.92 Å². The molecular formula is C13H18BrN3O2. The molecule has 6 heteroatoms. The molecule has 0 bridgehead atoms. The lowest BCUT2D eigenvalue weighted by Gasteiger charge is -2.30. The number of nitrogens with zero attached hydrogens (tertiary/aromatic N) is 1. The summed E-state index contributed by atoms with van der Waals surface area (Å²) in [5, 5.41) is 6.25. The van der Waals surface area contributed by atoms with Gasteiger partial charge < -0.3 is 15.2 Å². The van der Waals surface area contributed by atoms with Gasteiger partial charge in [-0.25, -0.2) is 0 Å². The molecular weight excluding hydrogens is 310 g/mol. The van der Waals surface area contributed by atoms with E-state index in [4.69, 9.17) is 0 Å². The number of pyridine rings is 1. The van der Waals surface area contributed by atoms with Crippen LogP contribution in [0, 0.1) is 5.92 Å². The Morgan fingerprint density at radius 2 is 2.37 bits per heavy atom. The van der Waals surface area contributed by atoms with Gasteiger partial charge in [-0.1, -0.05) is 6.92 Å². The highest BCUT2D eigenvalue weighted by Gasteiger charge is 2.22. The van der Waals surface area contributed by atoms with Crippen LogP contribution in [0.4, 0.5) is 0 Å². The Labute approximate surface area is 120 Å². The normalized spacial score (nSPS) is 23.1. The van der Waals surface area contributed by atoms with Crippen LogP contribution in [0.5, 0.6) is 0 Å². The highest BCUT2D eigenvalue weighted by molar-refractivity contribution is 9.10. The largest absolute Gasteiger partial charge is 0.350 e. The van der Waals surface area contributed by atoms with E-state index in [0.717, 1.165) is 24.0 Å². The van der Waals surface area contributed by atoms with Gasteiger partial charge in [0.25, 0.3) is 5.56 Å². The Balaban J connectivity index is 1.97. The average molecular weight is 328 g/mol. The summed E-state index contributed by atoms with van der Waals surface area (Å²) in [6.07, 6.45) is 2.69. The SMILES string of the molecule is CC1CCNCC1NC(=O)Cn1cc(Br)ccc1=O. The first-order chi connectivity index (χ1) is 9.06. The van der Waals surface area contributed by atoms with Crippen LogP contribution in [-0.2, 0) is 11.3 Å². The lowest BCUT2D eigenvalue weighted by molar-refractivity contribution is -0.122. The predicted molar refractivity (Wildman–Crippen MR) is 77.0 cm³/mol. The molecule has 19 heavy (non-hydrogen) atoms. The molecule has 2 heterocycles. The minimum Gasteiger partial charge on any atom is -0.350 e. The second-order valence-corrected chi connectivity index (χ2v) is 5.87. The van der Waals surface area contributed by atoms with Gasteiger partial charge in [-0.05, 0) is 40.9 Å². The molecule has 1 aliphatic heterocycles. The lowest BCUT2D eigenvalue weighted by Crippen LogP contribution is -2.51. The highest BCUT2D eigenvalue weighted by atomic mass is 79.9. The van der Waals surface area contributed by atoms with Crippen molar-refractivity contribution in [2.45, 2.75) is 25.9 Å². The van der Waals surface area contributed by atoms with Crippen molar-refractivity contribution in [3.05, 3.63) is 33.2 Å². The molecule has 1 amide bonds. The van der Waals surface area contributed by atoms with E-state index in [2.05, 4.69) is 33.5 Å². The molecule has 0 saturated carbocycles. The first-order valence-corrected chi connectivity index (χ1v) is 7.21. The highest BCUT2D eigenvalue weighted by Crippen LogP contribution is 2.11. The van der Waals surface area contributed by atoms with Crippen molar-refractivity contribution in [1.29, 1.82) is 0 Å². The summed E-state index contributed by atoms with van der Waals surface area (Å²) < 4.78 is 2.19. The zero-order valence-electron chi connectivity index (χ0n) is 10.9. The van der Waals surface area contributed by atoms with Gasteiger partial charge in [0, 0.05) is 29.3 Å². The van der Waals surface area contributed by atoms with Gasteiger partial charge in [0.05, 0.1) is 0 Å². The molecule has 2 rings (SSSR count). The van der Waals surface area contributed by atoms with E-state index in [9.17, 15) is 9.59 Å². The van der Waals surface area contributed by atoms with E-state index >= 15 is 0 Å². The number of nitrogens with one attached hydrogen (secondary N) is 2. The Morgan fingerprint density at radius 3 is 3.11 bits per heavy atom. The second-order valence-electron chi connectivity index (χ2n) is 4.96. The first-order valence-electron chi connectivity index (χ1n) is 6.42. The summed E-state index contributed by atoms with van der Waals surface area (Å²) in [5.41, 5.74) is -0.173. The number of aromatic nitrogens is 1. The molecule has 2 N–H and O–H groups in total. The standard InChI is InChI=1S/C13H18BrN3O2/c1-9-4-5-15-6-11(9)16-12(18)8-17-7-10(14)2-3-13(17)19/h2-3,7,9,11,15H,4-6,8H2,1H3,(H,16,18). The number of hydrogen-bond acceptors (Lipinski definition) is 3. The molecule has 104 valence electrons. The molecule has 0 spiro atoms. The maximum atomic E-state index is 12.0. The van der Waals surface area contributed by atoms with E-state index in [1.165, 1.54) is 10.6 Å². The Hall–Kier alpha value is -1.14. The third-order valence-electron chi connectivity index (χ3n) is 3.44. The fourth-order valence-corrected chi connectivity index (χ4v) is 2.60. The smallest absolute Gasteiger partial charge is 0.251 e. The molecule has 0 aliphatic carbocycles. The van der Waals surface area contributed by atoms with Gasteiger partial charge in [0.1, 0.15) is 6.54 Å². The quantitative estimate of drug-likeness (QED) is 0.860. The predicted octanol–water partition coefficient (Wildman–Crippen LogP) is 0.725. The van der Waals surface area contributed by atoms with Gasteiger partial charge >= 0.3 is 0 Å². The molecule has 2 atom stereocenters. The molecule has 1 aromatic heterocycles. The molecule has 1 fully saturated rings. The zero-order chi connectivity index (χ0) is 13.8. The van der Waals surface area contributed by atoms with Crippen LogP contribution < -0.4 is 16.2 Å². The third-order valence-corrected chi connectivity index (χ3v) is 3.90. The van der Waals surface area contributed by atoms with Crippen LogP contribution in [0.25, 0.3) is 0 Å². The van der Waals surface area contributed by atoms with Crippen LogP contribution in [-0.4, -0.2) is 29.6 Å². The number of halogens is 1. The molecule has 2 unspecified atom stereocenters. The summed E-state index contributed by atoms with van der Waals surface area (Å²) in [5.74, 6) is 0.338. The zero-order valence-corrected chi connectivity index (χ0v) is 12.4. The Bertz CT molecular complexity index is 515. The summed E-state index contributed by atoms with van der Waals surface area (Å²) in [6.45, 7) is 3.98.